The topological polar surface area (TPSA) is 3.24 Å². The van der Waals surface area contributed by atoms with Crippen molar-refractivity contribution in [1.82, 2.24) is 4.90 Å². The van der Waals surface area contributed by atoms with Crippen molar-refractivity contribution in [3.05, 3.63) is 0 Å². The summed E-state index contributed by atoms with van der Waals surface area (Å²) < 4.78 is 0. The monoisotopic (exact) mass is 205 g/mol. The van der Waals surface area contributed by atoms with E-state index in [1.807, 2.05) is 0 Å². The summed E-state index contributed by atoms with van der Waals surface area (Å²) in [5, 5.41) is 1.15. The molecule has 1 rings (SSSR count). The maximum absolute atomic E-state index is 3.49. The van der Waals surface area contributed by atoms with Gasteiger partial charge in [0.15, 0.2) is 0 Å². The second-order valence-electron chi connectivity index (χ2n) is 3.11. The van der Waals surface area contributed by atoms with Gasteiger partial charge in [0, 0.05) is 11.4 Å². The number of hydrogen-bond acceptors (Lipinski definition) is 1. The molecule has 60 valence electrons. The molecule has 0 N–H and O–H groups in total. The van der Waals surface area contributed by atoms with E-state index in [1.54, 1.807) is 0 Å². The molecule has 0 unspecified atom stereocenters. The second-order valence-corrected chi connectivity index (χ2v) is 3.90. The maximum atomic E-state index is 3.49. The molecule has 1 saturated heterocycles. The highest BCUT2D eigenvalue weighted by atomic mass is 79.9. The van der Waals surface area contributed by atoms with Crippen molar-refractivity contribution in [2.24, 2.45) is 0 Å². The number of likely N-dealkylation sites (tertiary alicyclic amines) is 1. The van der Waals surface area contributed by atoms with Crippen molar-refractivity contribution in [3.63, 3.8) is 0 Å². The average Bonchev–Trinajstić information content (AvgIpc) is 1.94. The zero-order chi connectivity index (χ0) is 7.40. The SMILES string of the molecule is CN1CCCC[C@H]1CCBr. The Morgan fingerprint density at radius 2 is 2.30 bits per heavy atom. The van der Waals surface area contributed by atoms with Gasteiger partial charge in [0.1, 0.15) is 0 Å². The van der Waals surface area contributed by atoms with Gasteiger partial charge in [-0.25, -0.2) is 0 Å². The molecule has 0 aromatic heterocycles. The molecule has 1 nitrogen and oxygen atoms in total. The van der Waals surface area contributed by atoms with Crippen LogP contribution in [0, 0.1) is 0 Å². The van der Waals surface area contributed by atoms with Crippen molar-refractivity contribution >= 4 is 15.9 Å². The molecule has 0 spiro atoms. The van der Waals surface area contributed by atoms with Crippen LogP contribution in [0.3, 0.4) is 0 Å². The molecular weight excluding hydrogens is 190 g/mol. The molecule has 2 heteroatoms. The van der Waals surface area contributed by atoms with Gasteiger partial charge >= 0.3 is 0 Å². The zero-order valence-corrected chi connectivity index (χ0v) is 8.23. The van der Waals surface area contributed by atoms with Gasteiger partial charge < -0.3 is 4.90 Å². The Hall–Kier alpha value is 0.440. The predicted octanol–water partition coefficient (Wildman–Crippen LogP) is 2.26. The van der Waals surface area contributed by atoms with Gasteiger partial charge in [-0.15, -0.1) is 0 Å². The van der Waals surface area contributed by atoms with Crippen LogP contribution >= 0.6 is 15.9 Å². The summed E-state index contributed by atoms with van der Waals surface area (Å²) >= 11 is 3.49. The first-order valence-electron chi connectivity index (χ1n) is 4.11. The number of hydrogen-bond donors (Lipinski definition) is 0. The molecule has 1 heterocycles. The molecule has 0 radical (unpaired) electrons. The minimum Gasteiger partial charge on any atom is -0.303 e. The summed E-state index contributed by atoms with van der Waals surface area (Å²) in [7, 11) is 2.24. The summed E-state index contributed by atoms with van der Waals surface area (Å²) in [6.45, 7) is 1.30. The summed E-state index contributed by atoms with van der Waals surface area (Å²) in [6.07, 6.45) is 5.55. The predicted molar refractivity (Wildman–Crippen MR) is 48.7 cm³/mol. The van der Waals surface area contributed by atoms with Crippen LogP contribution in [0.2, 0.25) is 0 Å². The molecule has 1 fully saturated rings. The Bertz CT molecular complexity index is 93.3. The average molecular weight is 206 g/mol. The first-order valence-corrected chi connectivity index (χ1v) is 5.23. The molecule has 1 atom stereocenters. The van der Waals surface area contributed by atoms with E-state index in [9.17, 15) is 0 Å². The highest BCUT2D eigenvalue weighted by molar-refractivity contribution is 9.09. The molecule has 0 aliphatic carbocycles. The van der Waals surface area contributed by atoms with Crippen LogP contribution in [0.5, 0.6) is 0 Å². The summed E-state index contributed by atoms with van der Waals surface area (Å²) in [4.78, 5) is 2.49. The first kappa shape index (κ1) is 8.54. The summed E-state index contributed by atoms with van der Waals surface area (Å²) in [6, 6.07) is 0.855. The van der Waals surface area contributed by atoms with E-state index in [0.717, 1.165) is 11.4 Å². The Morgan fingerprint density at radius 3 is 2.90 bits per heavy atom. The minimum absolute atomic E-state index is 0.855. The van der Waals surface area contributed by atoms with Crippen molar-refractivity contribution < 1.29 is 0 Å². The number of nitrogens with zero attached hydrogens (tertiary/aromatic N) is 1. The lowest BCUT2D eigenvalue weighted by Crippen LogP contribution is -2.36. The Labute approximate surface area is 71.9 Å². The van der Waals surface area contributed by atoms with Crippen molar-refractivity contribution in [2.75, 3.05) is 18.9 Å². The van der Waals surface area contributed by atoms with Gasteiger partial charge in [0.25, 0.3) is 0 Å². The smallest absolute Gasteiger partial charge is 0.0100 e. The van der Waals surface area contributed by atoms with Gasteiger partial charge in [-0.05, 0) is 32.9 Å². The molecule has 10 heavy (non-hydrogen) atoms. The number of rotatable bonds is 2. The second kappa shape index (κ2) is 4.35. The van der Waals surface area contributed by atoms with Crippen LogP contribution in [0.25, 0.3) is 0 Å². The van der Waals surface area contributed by atoms with E-state index in [4.69, 9.17) is 0 Å². The minimum atomic E-state index is 0.855. The van der Waals surface area contributed by atoms with E-state index < -0.39 is 0 Å². The Balaban J connectivity index is 2.25. The largest absolute Gasteiger partial charge is 0.303 e. The standard InChI is InChI=1S/C8H16BrN/c1-10-7-3-2-4-8(10)5-6-9/h8H,2-7H2,1H3/t8-/m0/s1. The van der Waals surface area contributed by atoms with Gasteiger partial charge in [-0.2, -0.15) is 0 Å². The van der Waals surface area contributed by atoms with E-state index >= 15 is 0 Å². The van der Waals surface area contributed by atoms with E-state index in [2.05, 4.69) is 27.9 Å². The lowest BCUT2D eigenvalue weighted by Gasteiger charge is -2.31. The van der Waals surface area contributed by atoms with Gasteiger partial charge in [-0.3, -0.25) is 0 Å². The molecule has 0 aromatic rings. The highest BCUT2D eigenvalue weighted by Gasteiger charge is 2.17. The fourth-order valence-electron chi connectivity index (χ4n) is 1.63. The van der Waals surface area contributed by atoms with Crippen LogP contribution in [0.1, 0.15) is 25.7 Å². The summed E-state index contributed by atoms with van der Waals surface area (Å²) in [5.74, 6) is 0. The maximum Gasteiger partial charge on any atom is 0.0100 e. The number of piperidine rings is 1. The third-order valence-corrected chi connectivity index (χ3v) is 2.82. The molecule has 1 aliphatic heterocycles. The number of halogens is 1. The normalized spacial score (nSPS) is 28.8. The lowest BCUT2D eigenvalue weighted by molar-refractivity contribution is 0.182. The number of alkyl halides is 1. The van der Waals surface area contributed by atoms with Crippen molar-refractivity contribution in [3.8, 4) is 0 Å². The molecule has 0 bridgehead atoms. The quantitative estimate of drug-likeness (QED) is 0.626. The molecule has 0 aromatic carbocycles. The van der Waals surface area contributed by atoms with Gasteiger partial charge in [-0.1, -0.05) is 22.4 Å². The lowest BCUT2D eigenvalue weighted by atomic mass is 10.0. The Kier molecular flexibility index (Phi) is 3.71. The molecule has 0 amide bonds. The molecular formula is C8H16BrN. The van der Waals surface area contributed by atoms with Crippen LogP contribution < -0.4 is 0 Å². The van der Waals surface area contributed by atoms with Gasteiger partial charge in [0.05, 0.1) is 0 Å². The zero-order valence-electron chi connectivity index (χ0n) is 6.65. The highest BCUT2D eigenvalue weighted by Crippen LogP contribution is 2.17. The third-order valence-electron chi connectivity index (χ3n) is 2.36. The van der Waals surface area contributed by atoms with Crippen molar-refractivity contribution in [2.45, 2.75) is 31.7 Å². The third kappa shape index (κ3) is 2.24. The van der Waals surface area contributed by atoms with E-state index in [-0.39, 0.29) is 0 Å². The van der Waals surface area contributed by atoms with Crippen LogP contribution in [-0.4, -0.2) is 29.9 Å². The fraction of sp³-hybridized carbons (Fsp3) is 1.00. The van der Waals surface area contributed by atoms with E-state index in [1.165, 1.54) is 32.2 Å². The van der Waals surface area contributed by atoms with E-state index in [0.29, 0.717) is 0 Å². The van der Waals surface area contributed by atoms with Crippen LogP contribution in [0.4, 0.5) is 0 Å². The van der Waals surface area contributed by atoms with Gasteiger partial charge in [0.2, 0.25) is 0 Å². The first-order chi connectivity index (χ1) is 4.84. The van der Waals surface area contributed by atoms with Crippen LogP contribution in [0.15, 0.2) is 0 Å². The molecule has 1 aliphatic rings. The molecule has 0 saturated carbocycles. The fourth-order valence-corrected chi connectivity index (χ4v) is 2.16. The summed E-state index contributed by atoms with van der Waals surface area (Å²) in [5.41, 5.74) is 0. The Morgan fingerprint density at radius 1 is 1.50 bits per heavy atom. The van der Waals surface area contributed by atoms with Crippen LogP contribution in [-0.2, 0) is 0 Å². The van der Waals surface area contributed by atoms with Crippen molar-refractivity contribution in [1.29, 1.82) is 0 Å².